The molecule has 0 radical (unpaired) electrons. The number of likely N-dealkylation sites (N-methyl/N-ethyl adjacent to an activating group) is 1. The van der Waals surface area contributed by atoms with Crippen LogP contribution in [-0.2, 0) is 0 Å². The molecule has 5 rings (SSSR count). The molecule has 0 bridgehead atoms. The molecular weight excluding hydrogens is 343 g/mol. The Labute approximate surface area is 146 Å². The summed E-state index contributed by atoms with van der Waals surface area (Å²) >= 11 is 1.19. The van der Waals surface area contributed by atoms with E-state index < -0.39 is 5.82 Å². The number of pyridine rings is 1. The highest BCUT2D eigenvalue weighted by molar-refractivity contribution is 7.12. The molecule has 6 nitrogen and oxygen atoms in total. The minimum Gasteiger partial charge on any atom is -0.366 e. The number of nitrogens with one attached hydrogen (secondary N) is 2. The van der Waals surface area contributed by atoms with Crippen LogP contribution in [0.2, 0.25) is 0 Å². The van der Waals surface area contributed by atoms with Crippen molar-refractivity contribution in [1.29, 1.82) is 0 Å². The SMILES string of the molecule is CNC1CN(c2cc3c(cc2F)c(=O)c2c(=O)[nH]sc2n3C2CC2)C1. The third-order valence-electron chi connectivity index (χ3n) is 5.24. The number of anilines is 1. The van der Waals surface area contributed by atoms with Gasteiger partial charge in [0.15, 0.2) is 0 Å². The molecule has 1 aromatic carbocycles. The van der Waals surface area contributed by atoms with E-state index in [1.165, 1.54) is 17.6 Å². The Morgan fingerprint density at radius 1 is 1.28 bits per heavy atom. The summed E-state index contributed by atoms with van der Waals surface area (Å²) in [5.41, 5.74) is 0.478. The van der Waals surface area contributed by atoms with Crippen molar-refractivity contribution in [3.63, 3.8) is 0 Å². The van der Waals surface area contributed by atoms with Gasteiger partial charge in [-0.1, -0.05) is 0 Å². The van der Waals surface area contributed by atoms with Crippen molar-refractivity contribution in [1.82, 2.24) is 14.3 Å². The molecule has 2 fully saturated rings. The Kier molecular flexibility index (Phi) is 3.11. The number of hydrogen-bond donors (Lipinski definition) is 2. The summed E-state index contributed by atoms with van der Waals surface area (Å²) in [5.74, 6) is -0.410. The summed E-state index contributed by atoms with van der Waals surface area (Å²) in [6.45, 7) is 1.48. The highest BCUT2D eigenvalue weighted by Gasteiger charge is 2.31. The summed E-state index contributed by atoms with van der Waals surface area (Å²) in [6.07, 6.45) is 2.02. The molecule has 2 aromatic heterocycles. The highest BCUT2D eigenvalue weighted by Crippen LogP contribution is 2.41. The van der Waals surface area contributed by atoms with E-state index in [0.717, 1.165) is 31.4 Å². The van der Waals surface area contributed by atoms with Gasteiger partial charge in [0.05, 0.1) is 11.2 Å². The van der Waals surface area contributed by atoms with Crippen LogP contribution in [0.15, 0.2) is 21.7 Å². The molecule has 2 aliphatic rings. The predicted octanol–water partition coefficient (Wildman–Crippen LogP) is 1.79. The van der Waals surface area contributed by atoms with Crippen molar-refractivity contribution >= 4 is 38.3 Å². The van der Waals surface area contributed by atoms with Crippen molar-refractivity contribution < 1.29 is 4.39 Å². The largest absolute Gasteiger partial charge is 0.366 e. The second-order valence-corrected chi connectivity index (χ2v) is 7.65. The molecule has 0 amide bonds. The van der Waals surface area contributed by atoms with E-state index in [9.17, 15) is 14.0 Å². The van der Waals surface area contributed by atoms with Gasteiger partial charge in [0.25, 0.3) is 5.56 Å². The Morgan fingerprint density at radius 3 is 2.72 bits per heavy atom. The molecule has 1 saturated heterocycles. The van der Waals surface area contributed by atoms with Gasteiger partial charge in [0.2, 0.25) is 5.43 Å². The van der Waals surface area contributed by atoms with Gasteiger partial charge in [-0.25, -0.2) is 4.39 Å². The lowest BCUT2D eigenvalue weighted by Gasteiger charge is -2.41. The molecule has 3 aromatic rings. The zero-order valence-corrected chi connectivity index (χ0v) is 14.5. The Morgan fingerprint density at radius 2 is 2.04 bits per heavy atom. The summed E-state index contributed by atoms with van der Waals surface area (Å²) in [4.78, 5) is 27.5. The Balaban J connectivity index is 1.81. The van der Waals surface area contributed by atoms with Gasteiger partial charge in [-0.2, -0.15) is 0 Å². The lowest BCUT2D eigenvalue weighted by atomic mass is 10.1. The third kappa shape index (κ3) is 2.10. The fourth-order valence-corrected chi connectivity index (χ4v) is 4.56. The van der Waals surface area contributed by atoms with E-state index in [4.69, 9.17) is 0 Å². The van der Waals surface area contributed by atoms with Crippen molar-refractivity contribution in [2.75, 3.05) is 25.0 Å². The van der Waals surface area contributed by atoms with E-state index in [1.807, 2.05) is 16.5 Å². The number of aromatic amines is 1. The van der Waals surface area contributed by atoms with Crippen molar-refractivity contribution in [3.8, 4) is 0 Å². The molecule has 2 N–H and O–H groups in total. The van der Waals surface area contributed by atoms with E-state index in [1.54, 1.807) is 6.07 Å². The summed E-state index contributed by atoms with van der Waals surface area (Å²) in [6, 6.07) is 3.71. The number of nitrogens with zero attached hydrogens (tertiary/aromatic N) is 2. The van der Waals surface area contributed by atoms with Gasteiger partial charge in [-0.15, -0.1) is 0 Å². The van der Waals surface area contributed by atoms with Crippen LogP contribution in [0.3, 0.4) is 0 Å². The summed E-state index contributed by atoms with van der Waals surface area (Å²) in [7, 11) is 1.90. The van der Waals surface area contributed by atoms with E-state index in [0.29, 0.717) is 16.6 Å². The van der Waals surface area contributed by atoms with Crippen LogP contribution in [0.25, 0.3) is 21.1 Å². The quantitative estimate of drug-likeness (QED) is 0.747. The van der Waals surface area contributed by atoms with E-state index in [2.05, 4.69) is 9.69 Å². The van der Waals surface area contributed by atoms with E-state index in [-0.39, 0.29) is 27.8 Å². The molecule has 1 saturated carbocycles. The van der Waals surface area contributed by atoms with Crippen LogP contribution in [0.4, 0.5) is 10.1 Å². The summed E-state index contributed by atoms with van der Waals surface area (Å²) in [5, 5.41) is 3.61. The second kappa shape index (κ2) is 5.15. The maximum absolute atomic E-state index is 14.7. The zero-order chi connectivity index (χ0) is 17.3. The molecule has 3 heterocycles. The topological polar surface area (TPSA) is 70.1 Å². The van der Waals surface area contributed by atoms with Crippen molar-refractivity contribution in [3.05, 3.63) is 38.5 Å². The van der Waals surface area contributed by atoms with Gasteiger partial charge in [0, 0.05) is 30.6 Å². The predicted molar refractivity (Wildman–Crippen MR) is 97.5 cm³/mol. The van der Waals surface area contributed by atoms with Crippen molar-refractivity contribution in [2.45, 2.75) is 24.9 Å². The molecule has 1 aliphatic heterocycles. The van der Waals surface area contributed by atoms with Gasteiger partial charge in [-0.3, -0.25) is 14.0 Å². The normalized spacial score (nSPS) is 18.2. The maximum atomic E-state index is 14.7. The number of halogens is 1. The van der Waals surface area contributed by atoms with Crippen molar-refractivity contribution in [2.24, 2.45) is 0 Å². The van der Waals surface area contributed by atoms with E-state index >= 15 is 0 Å². The van der Waals surface area contributed by atoms with Gasteiger partial charge >= 0.3 is 0 Å². The fraction of sp³-hybridized carbons (Fsp3) is 0.412. The number of fused-ring (bicyclic) bond motifs is 2. The molecule has 8 heteroatoms. The molecule has 0 spiro atoms. The smallest absolute Gasteiger partial charge is 0.271 e. The van der Waals surface area contributed by atoms with Crippen LogP contribution in [0, 0.1) is 5.82 Å². The van der Waals surface area contributed by atoms with Gasteiger partial charge in [0.1, 0.15) is 16.0 Å². The molecule has 130 valence electrons. The van der Waals surface area contributed by atoms with Crippen LogP contribution in [-0.4, -0.2) is 35.1 Å². The molecule has 1 aliphatic carbocycles. The standard InChI is InChI=1S/C17H17FN4O2S/c1-19-8-6-21(7-8)13-5-12-10(4-11(13)18)15(23)14-16(24)20-25-17(14)22(12)9-2-3-9/h4-5,8-9,19H,2-3,6-7H2,1H3,(H,20,24). The van der Waals surface area contributed by atoms with Gasteiger partial charge < -0.3 is 14.8 Å². The Hall–Kier alpha value is -2.19. The minimum absolute atomic E-state index is 0.149. The number of hydrogen-bond acceptors (Lipinski definition) is 5. The summed E-state index contributed by atoms with van der Waals surface area (Å²) < 4.78 is 19.4. The van der Waals surface area contributed by atoms with Crippen LogP contribution in [0.5, 0.6) is 0 Å². The number of benzene rings is 1. The molecule has 0 atom stereocenters. The first kappa shape index (κ1) is 15.1. The number of aromatic nitrogens is 2. The maximum Gasteiger partial charge on any atom is 0.271 e. The Bertz CT molecular complexity index is 1120. The average molecular weight is 360 g/mol. The molecule has 25 heavy (non-hydrogen) atoms. The van der Waals surface area contributed by atoms with Gasteiger partial charge in [-0.05, 0) is 43.6 Å². The average Bonchev–Trinajstić information content (AvgIpc) is 3.31. The monoisotopic (exact) mass is 360 g/mol. The fourth-order valence-electron chi connectivity index (χ4n) is 3.64. The first-order chi connectivity index (χ1) is 12.1. The second-order valence-electron chi connectivity index (χ2n) is 6.86. The number of rotatable bonds is 3. The lowest BCUT2D eigenvalue weighted by molar-refractivity contribution is 0.443. The zero-order valence-electron chi connectivity index (χ0n) is 13.6. The van der Waals surface area contributed by atoms with Crippen LogP contribution in [0.1, 0.15) is 18.9 Å². The minimum atomic E-state index is -0.410. The molecule has 0 unspecified atom stereocenters. The molecular formula is C17H17FN4O2S. The van der Waals surface area contributed by atoms with Crippen LogP contribution < -0.4 is 21.2 Å². The highest BCUT2D eigenvalue weighted by atomic mass is 32.1. The lowest BCUT2D eigenvalue weighted by Crippen LogP contribution is -2.57. The van der Waals surface area contributed by atoms with Crippen LogP contribution >= 0.6 is 11.5 Å². The third-order valence-corrected chi connectivity index (χ3v) is 6.12. The first-order valence-corrected chi connectivity index (χ1v) is 9.21. The number of H-pyrrole nitrogens is 1. The first-order valence-electron chi connectivity index (χ1n) is 8.39.